The molecule has 0 aliphatic carbocycles. The zero-order chi connectivity index (χ0) is 14.0. The minimum absolute atomic E-state index is 0.0989. The van der Waals surface area contributed by atoms with E-state index in [0.29, 0.717) is 9.13 Å². The number of nitrogens with zero attached hydrogens (tertiary/aromatic N) is 1. The van der Waals surface area contributed by atoms with E-state index < -0.39 is 17.6 Å². The number of carbonyl (C=O) groups is 1. The zero-order valence-electron chi connectivity index (χ0n) is 9.78. The number of aromatic nitrogens is 1. The number of carbonyl (C=O) groups excluding carboxylic acids is 1. The lowest BCUT2D eigenvalue weighted by molar-refractivity contribution is 0.0593. The van der Waals surface area contributed by atoms with Crippen LogP contribution in [0.3, 0.4) is 0 Å². The monoisotopic (exact) mass is 375 g/mol. The molecule has 2 rings (SSSR count). The summed E-state index contributed by atoms with van der Waals surface area (Å²) in [6.07, 6.45) is 1.31. The average molecular weight is 375 g/mol. The van der Waals surface area contributed by atoms with Crippen molar-refractivity contribution in [3.8, 4) is 11.1 Å². The summed E-state index contributed by atoms with van der Waals surface area (Å²) in [5.41, 5.74) is 0.638. The van der Waals surface area contributed by atoms with Gasteiger partial charge in [-0.3, -0.25) is 0 Å². The highest BCUT2D eigenvalue weighted by Gasteiger charge is 2.15. The number of pyridine rings is 1. The van der Waals surface area contributed by atoms with Crippen molar-refractivity contribution < 1.29 is 18.3 Å². The summed E-state index contributed by atoms with van der Waals surface area (Å²) in [4.78, 5) is 15.3. The fraction of sp³-hybridized carbons (Fsp3) is 0.0769. The van der Waals surface area contributed by atoms with E-state index in [-0.39, 0.29) is 11.3 Å². The number of ether oxygens (including phenoxy) is 1. The molecule has 0 spiro atoms. The van der Waals surface area contributed by atoms with E-state index in [1.807, 2.05) is 22.6 Å². The van der Waals surface area contributed by atoms with Gasteiger partial charge in [0.1, 0.15) is 0 Å². The Morgan fingerprint density at radius 3 is 2.74 bits per heavy atom. The highest BCUT2D eigenvalue weighted by atomic mass is 127. The molecule has 0 aliphatic heterocycles. The second-order valence-electron chi connectivity index (χ2n) is 3.65. The molecule has 0 saturated carbocycles. The Morgan fingerprint density at radius 1 is 1.37 bits per heavy atom. The van der Waals surface area contributed by atoms with Gasteiger partial charge in [0, 0.05) is 20.9 Å². The summed E-state index contributed by atoms with van der Waals surface area (Å²) in [5, 5.41) is 0. The lowest BCUT2D eigenvalue weighted by Crippen LogP contribution is -2.07. The van der Waals surface area contributed by atoms with Crippen molar-refractivity contribution in [2.75, 3.05) is 7.11 Å². The molecule has 0 saturated heterocycles. The van der Waals surface area contributed by atoms with Gasteiger partial charge < -0.3 is 4.74 Å². The van der Waals surface area contributed by atoms with Crippen molar-refractivity contribution in [2.45, 2.75) is 0 Å². The Balaban J connectivity index is 2.51. The molecule has 1 heterocycles. The quantitative estimate of drug-likeness (QED) is 0.597. The molecule has 3 nitrogen and oxygen atoms in total. The summed E-state index contributed by atoms with van der Waals surface area (Å²) >= 11 is 1.89. The van der Waals surface area contributed by atoms with E-state index >= 15 is 0 Å². The van der Waals surface area contributed by atoms with E-state index in [4.69, 9.17) is 0 Å². The summed E-state index contributed by atoms with van der Waals surface area (Å²) < 4.78 is 31.9. The van der Waals surface area contributed by atoms with Gasteiger partial charge >= 0.3 is 5.97 Å². The van der Waals surface area contributed by atoms with Gasteiger partial charge in [-0.2, -0.15) is 0 Å². The Labute approximate surface area is 121 Å². The number of benzene rings is 1. The second kappa shape index (κ2) is 5.60. The van der Waals surface area contributed by atoms with Crippen LogP contribution >= 0.6 is 22.6 Å². The lowest BCUT2D eigenvalue weighted by Gasteiger charge is -2.06. The molecule has 1 aromatic heterocycles. The first-order valence-corrected chi connectivity index (χ1v) is 6.30. The molecule has 98 valence electrons. The lowest BCUT2D eigenvalue weighted by atomic mass is 10.1. The highest BCUT2D eigenvalue weighted by Crippen LogP contribution is 2.26. The maximum Gasteiger partial charge on any atom is 0.357 e. The first-order valence-electron chi connectivity index (χ1n) is 5.23. The van der Waals surface area contributed by atoms with Crippen LogP contribution < -0.4 is 0 Å². The van der Waals surface area contributed by atoms with Crippen LogP contribution in [0.4, 0.5) is 8.78 Å². The van der Waals surface area contributed by atoms with Crippen molar-refractivity contribution in [1.82, 2.24) is 4.98 Å². The van der Waals surface area contributed by atoms with E-state index in [1.54, 1.807) is 6.07 Å². The maximum absolute atomic E-state index is 13.6. The molecule has 19 heavy (non-hydrogen) atoms. The molecule has 0 unspecified atom stereocenters. The Morgan fingerprint density at radius 2 is 2.11 bits per heavy atom. The molecule has 0 fully saturated rings. The third-order valence-electron chi connectivity index (χ3n) is 2.48. The molecule has 0 atom stereocenters. The molecular weight excluding hydrogens is 367 g/mol. The van der Waals surface area contributed by atoms with Crippen LogP contribution in [0, 0.1) is 15.2 Å². The van der Waals surface area contributed by atoms with Crippen LogP contribution in [-0.2, 0) is 4.74 Å². The predicted molar refractivity (Wildman–Crippen MR) is 73.6 cm³/mol. The average Bonchev–Trinajstić information content (AvgIpc) is 2.41. The van der Waals surface area contributed by atoms with Crippen LogP contribution in [0.25, 0.3) is 11.1 Å². The first-order chi connectivity index (χ1) is 9.04. The molecule has 1 aromatic carbocycles. The highest BCUT2D eigenvalue weighted by molar-refractivity contribution is 14.1. The van der Waals surface area contributed by atoms with Gasteiger partial charge in [0.05, 0.1) is 7.11 Å². The van der Waals surface area contributed by atoms with Gasteiger partial charge in [-0.25, -0.2) is 18.6 Å². The number of hydrogen-bond acceptors (Lipinski definition) is 3. The first kappa shape index (κ1) is 13.9. The van der Waals surface area contributed by atoms with Crippen molar-refractivity contribution in [2.24, 2.45) is 0 Å². The Hall–Kier alpha value is -1.57. The van der Waals surface area contributed by atoms with Crippen molar-refractivity contribution in [3.63, 3.8) is 0 Å². The van der Waals surface area contributed by atoms with Gasteiger partial charge in [-0.15, -0.1) is 0 Å². The van der Waals surface area contributed by atoms with Crippen LogP contribution in [0.15, 0.2) is 30.5 Å². The summed E-state index contributed by atoms with van der Waals surface area (Å²) in [6.45, 7) is 0. The predicted octanol–water partition coefficient (Wildman–Crippen LogP) is 3.42. The van der Waals surface area contributed by atoms with E-state index in [1.165, 1.54) is 25.4 Å². The minimum atomic E-state index is -0.939. The van der Waals surface area contributed by atoms with Crippen LogP contribution in [-0.4, -0.2) is 18.1 Å². The summed E-state index contributed by atoms with van der Waals surface area (Å²) in [6, 6.07) is 5.45. The fourth-order valence-electron chi connectivity index (χ4n) is 1.56. The van der Waals surface area contributed by atoms with Crippen molar-refractivity contribution >= 4 is 28.6 Å². The number of hydrogen-bond donors (Lipinski definition) is 0. The smallest absolute Gasteiger partial charge is 0.357 e. The van der Waals surface area contributed by atoms with E-state index in [0.717, 1.165) is 6.07 Å². The third-order valence-corrected chi connectivity index (χ3v) is 3.30. The molecule has 0 aliphatic rings. The summed E-state index contributed by atoms with van der Waals surface area (Å²) in [5.74, 6) is -2.44. The molecule has 6 heteroatoms. The molecule has 0 radical (unpaired) electrons. The number of methoxy groups -OCH3 is 1. The maximum atomic E-state index is 13.6. The number of rotatable bonds is 2. The fourth-order valence-corrected chi connectivity index (χ4v) is 2.25. The standard InChI is InChI=1S/C13H8F2INO2/c1-19-13(18)12-10(16)5-7(6-17-12)8-3-2-4-9(14)11(8)15/h2-6H,1H3. The molecular formula is C13H8F2INO2. The molecule has 0 N–H and O–H groups in total. The normalized spacial score (nSPS) is 10.3. The van der Waals surface area contributed by atoms with E-state index in [9.17, 15) is 13.6 Å². The van der Waals surface area contributed by atoms with Gasteiger partial charge in [-0.05, 0) is 34.7 Å². The van der Waals surface area contributed by atoms with Crippen molar-refractivity contribution in [1.29, 1.82) is 0 Å². The molecule has 2 aromatic rings. The van der Waals surface area contributed by atoms with Crippen molar-refractivity contribution in [3.05, 3.63) is 51.4 Å². The second-order valence-corrected chi connectivity index (χ2v) is 4.81. The van der Waals surface area contributed by atoms with Crippen LogP contribution in [0.1, 0.15) is 10.5 Å². The summed E-state index contributed by atoms with van der Waals surface area (Å²) in [7, 11) is 1.25. The van der Waals surface area contributed by atoms with E-state index in [2.05, 4.69) is 9.72 Å². The largest absolute Gasteiger partial charge is 0.464 e. The number of esters is 1. The topological polar surface area (TPSA) is 39.2 Å². The molecule has 0 bridgehead atoms. The van der Waals surface area contributed by atoms with Gasteiger partial charge in [-0.1, -0.05) is 12.1 Å². The number of halogens is 3. The zero-order valence-corrected chi connectivity index (χ0v) is 11.9. The third kappa shape index (κ3) is 2.73. The van der Waals surface area contributed by atoms with Gasteiger partial charge in [0.15, 0.2) is 17.3 Å². The molecule has 0 amide bonds. The van der Waals surface area contributed by atoms with Crippen LogP contribution in [0.5, 0.6) is 0 Å². The SMILES string of the molecule is COC(=O)c1ncc(-c2cccc(F)c2F)cc1I. The van der Waals surface area contributed by atoms with Crippen LogP contribution in [0.2, 0.25) is 0 Å². The Bertz CT molecular complexity index is 647. The van der Waals surface area contributed by atoms with Gasteiger partial charge in [0.2, 0.25) is 0 Å². The minimum Gasteiger partial charge on any atom is -0.464 e. The Kier molecular flexibility index (Phi) is 4.08. The van der Waals surface area contributed by atoms with Gasteiger partial charge in [0.25, 0.3) is 0 Å².